The van der Waals surface area contributed by atoms with Gasteiger partial charge in [-0.1, -0.05) is 12.2 Å². The summed E-state index contributed by atoms with van der Waals surface area (Å²) in [5.41, 5.74) is 2.59. The van der Waals surface area contributed by atoms with Crippen LogP contribution in [0.5, 0.6) is 0 Å². The second-order valence-corrected chi connectivity index (χ2v) is 4.78. The molecule has 3 heteroatoms. The van der Waals surface area contributed by atoms with Crippen LogP contribution in [0.25, 0.3) is 0 Å². The van der Waals surface area contributed by atoms with Crippen molar-refractivity contribution in [2.75, 3.05) is 13.1 Å². The zero-order chi connectivity index (χ0) is 11.0. The van der Waals surface area contributed by atoms with E-state index in [-0.39, 0.29) is 11.9 Å². The third kappa shape index (κ3) is 1.59. The van der Waals surface area contributed by atoms with Crippen LogP contribution >= 0.6 is 0 Å². The van der Waals surface area contributed by atoms with Crippen LogP contribution in [0.4, 0.5) is 0 Å². The maximum atomic E-state index is 12.3. The van der Waals surface area contributed by atoms with Crippen molar-refractivity contribution in [1.29, 1.82) is 0 Å². The number of carbonyl (C=O) groups is 1. The summed E-state index contributed by atoms with van der Waals surface area (Å²) in [7, 11) is 0. The van der Waals surface area contributed by atoms with Crippen molar-refractivity contribution in [2.45, 2.75) is 38.1 Å². The van der Waals surface area contributed by atoms with E-state index >= 15 is 0 Å². The Hall–Kier alpha value is -1.09. The minimum Gasteiger partial charge on any atom is -0.311 e. The van der Waals surface area contributed by atoms with Gasteiger partial charge in [-0.05, 0) is 44.2 Å². The molecule has 0 aromatic heterocycles. The number of carbonyl (C=O) groups excluding carboxylic acids is 1. The van der Waals surface area contributed by atoms with Crippen LogP contribution in [-0.2, 0) is 4.79 Å². The molecule has 1 N–H and O–H groups in total. The van der Waals surface area contributed by atoms with Crippen LogP contribution in [0.1, 0.15) is 32.1 Å². The maximum absolute atomic E-state index is 12.3. The predicted molar refractivity (Wildman–Crippen MR) is 62.8 cm³/mol. The molecule has 16 heavy (non-hydrogen) atoms. The van der Waals surface area contributed by atoms with Gasteiger partial charge >= 0.3 is 0 Å². The number of rotatable bonds is 1. The third-order valence-corrected chi connectivity index (χ3v) is 3.74. The largest absolute Gasteiger partial charge is 0.311 e. The molecule has 86 valence electrons. The Kier molecular flexibility index (Phi) is 2.56. The van der Waals surface area contributed by atoms with Gasteiger partial charge in [-0.15, -0.1) is 0 Å². The highest BCUT2D eigenvalue weighted by atomic mass is 16.2. The number of nitrogens with zero attached hydrogens (tertiary/aromatic N) is 1. The molecule has 0 aromatic rings. The zero-order valence-electron chi connectivity index (χ0n) is 9.54. The molecule has 1 amide bonds. The van der Waals surface area contributed by atoms with Crippen molar-refractivity contribution < 1.29 is 4.79 Å². The standard InChI is InChI=1S/C13H18N2O/c16-13(11-5-3-8-14-11)15-9-7-10-4-1-2-6-12(10)15/h4,6,11,14H,1-3,5,7-9H2. The van der Waals surface area contributed by atoms with Crippen molar-refractivity contribution >= 4 is 5.91 Å². The highest BCUT2D eigenvalue weighted by molar-refractivity contribution is 5.85. The Morgan fingerprint density at radius 1 is 1.38 bits per heavy atom. The Balaban J connectivity index is 1.78. The quantitative estimate of drug-likeness (QED) is 0.724. The molecule has 3 rings (SSSR count). The van der Waals surface area contributed by atoms with Crippen LogP contribution in [0.15, 0.2) is 23.4 Å². The lowest BCUT2D eigenvalue weighted by molar-refractivity contribution is -0.130. The second kappa shape index (κ2) is 4.06. The van der Waals surface area contributed by atoms with E-state index in [2.05, 4.69) is 17.5 Å². The van der Waals surface area contributed by atoms with Crippen LogP contribution < -0.4 is 5.32 Å². The van der Waals surface area contributed by atoms with E-state index in [4.69, 9.17) is 0 Å². The molecule has 3 aliphatic rings. The molecule has 0 aromatic carbocycles. The maximum Gasteiger partial charge on any atom is 0.244 e. The SMILES string of the molecule is O=C(C1CCCN1)N1CCC2=CCCC=C21. The van der Waals surface area contributed by atoms with Crippen LogP contribution in [-0.4, -0.2) is 29.9 Å². The van der Waals surface area contributed by atoms with Crippen LogP contribution in [0, 0.1) is 0 Å². The monoisotopic (exact) mass is 218 g/mol. The lowest BCUT2D eigenvalue weighted by Gasteiger charge is -2.23. The Morgan fingerprint density at radius 2 is 2.25 bits per heavy atom. The lowest BCUT2D eigenvalue weighted by Crippen LogP contribution is -2.41. The molecule has 0 saturated carbocycles. The van der Waals surface area contributed by atoms with E-state index < -0.39 is 0 Å². The number of nitrogens with one attached hydrogen (secondary N) is 1. The number of likely N-dealkylation sites (tertiary alicyclic amines) is 1. The molecular weight excluding hydrogens is 200 g/mol. The van der Waals surface area contributed by atoms with E-state index in [9.17, 15) is 4.79 Å². The summed E-state index contributed by atoms with van der Waals surface area (Å²) in [6.07, 6.45) is 9.93. The first kappa shape index (κ1) is 10.1. The molecule has 0 spiro atoms. The van der Waals surface area contributed by atoms with Gasteiger partial charge in [0.05, 0.1) is 6.04 Å². The van der Waals surface area contributed by atoms with Gasteiger partial charge in [0.15, 0.2) is 0 Å². The molecule has 3 nitrogen and oxygen atoms in total. The Labute approximate surface area is 96.2 Å². The number of fused-ring (bicyclic) bond motifs is 1. The topological polar surface area (TPSA) is 32.3 Å². The second-order valence-electron chi connectivity index (χ2n) is 4.78. The summed E-state index contributed by atoms with van der Waals surface area (Å²) >= 11 is 0. The smallest absolute Gasteiger partial charge is 0.244 e. The minimum atomic E-state index is 0.0715. The highest BCUT2D eigenvalue weighted by Crippen LogP contribution is 2.32. The van der Waals surface area contributed by atoms with Gasteiger partial charge in [-0.3, -0.25) is 4.79 Å². The number of hydrogen-bond donors (Lipinski definition) is 1. The van der Waals surface area contributed by atoms with Crippen molar-refractivity contribution in [3.63, 3.8) is 0 Å². The van der Waals surface area contributed by atoms with Gasteiger partial charge in [0.1, 0.15) is 0 Å². The fraction of sp³-hybridized carbons (Fsp3) is 0.615. The van der Waals surface area contributed by atoms with Crippen LogP contribution in [0.2, 0.25) is 0 Å². The van der Waals surface area contributed by atoms with Gasteiger partial charge in [0.25, 0.3) is 0 Å². The van der Waals surface area contributed by atoms with E-state index in [1.54, 1.807) is 0 Å². The average molecular weight is 218 g/mol. The minimum absolute atomic E-state index is 0.0715. The first-order valence-corrected chi connectivity index (χ1v) is 6.30. The molecule has 1 atom stereocenters. The van der Waals surface area contributed by atoms with Gasteiger partial charge in [-0.25, -0.2) is 0 Å². The van der Waals surface area contributed by atoms with E-state index in [1.807, 2.05) is 4.90 Å². The summed E-state index contributed by atoms with van der Waals surface area (Å²) in [6, 6.07) is 0.0715. The van der Waals surface area contributed by atoms with Crippen molar-refractivity contribution in [2.24, 2.45) is 0 Å². The summed E-state index contributed by atoms with van der Waals surface area (Å²) in [6.45, 7) is 1.88. The van der Waals surface area contributed by atoms with Gasteiger partial charge < -0.3 is 10.2 Å². The molecule has 1 aliphatic carbocycles. The third-order valence-electron chi connectivity index (χ3n) is 3.74. The predicted octanol–water partition coefficient (Wildman–Crippen LogP) is 1.57. The number of amides is 1. The fourth-order valence-corrected chi connectivity index (χ4v) is 2.89. The summed E-state index contributed by atoms with van der Waals surface area (Å²) in [5.74, 6) is 0.286. The summed E-state index contributed by atoms with van der Waals surface area (Å²) in [4.78, 5) is 14.3. The van der Waals surface area contributed by atoms with Crippen LogP contribution in [0.3, 0.4) is 0 Å². The van der Waals surface area contributed by atoms with E-state index in [1.165, 1.54) is 11.3 Å². The van der Waals surface area contributed by atoms with E-state index in [0.717, 1.165) is 45.2 Å². The first-order valence-electron chi connectivity index (χ1n) is 6.30. The molecular formula is C13H18N2O. The van der Waals surface area contributed by atoms with Crippen molar-refractivity contribution in [3.05, 3.63) is 23.4 Å². The van der Waals surface area contributed by atoms with Gasteiger partial charge in [0, 0.05) is 12.2 Å². The molecule has 2 fully saturated rings. The zero-order valence-corrected chi connectivity index (χ0v) is 9.54. The number of allylic oxidation sites excluding steroid dienone is 3. The number of hydrogen-bond acceptors (Lipinski definition) is 2. The summed E-state index contributed by atoms with van der Waals surface area (Å²) < 4.78 is 0. The molecule has 2 heterocycles. The Bertz CT molecular complexity index is 364. The van der Waals surface area contributed by atoms with Crippen molar-refractivity contribution in [1.82, 2.24) is 10.2 Å². The molecule has 2 saturated heterocycles. The summed E-state index contributed by atoms with van der Waals surface area (Å²) in [5, 5.41) is 3.29. The molecule has 0 bridgehead atoms. The Morgan fingerprint density at radius 3 is 3.06 bits per heavy atom. The fourth-order valence-electron chi connectivity index (χ4n) is 2.89. The van der Waals surface area contributed by atoms with Gasteiger partial charge in [0.2, 0.25) is 5.91 Å². The van der Waals surface area contributed by atoms with E-state index in [0.29, 0.717) is 0 Å². The lowest BCUT2D eigenvalue weighted by atomic mass is 10.0. The molecule has 0 radical (unpaired) electrons. The highest BCUT2D eigenvalue weighted by Gasteiger charge is 2.33. The van der Waals surface area contributed by atoms with Gasteiger partial charge in [-0.2, -0.15) is 0 Å². The average Bonchev–Trinajstić information content (AvgIpc) is 2.98. The molecule has 1 unspecified atom stereocenters. The normalized spacial score (nSPS) is 28.8. The van der Waals surface area contributed by atoms with Crippen molar-refractivity contribution in [3.8, 4) is 0 Å². The first-order chi connectivity index (χ1) is 7.86. The molecule has 2 aliphatic heterocycles.